The van der Waals surface area contributed by atoms with Crippen molar-refractivity contribution in [1.82, 2.24) is 4.90 Å². The number of aryl methyl sites for hydroxylation is 1. The van der Waals surface area contributed by atoms with Gasteiger partial charge in [0.1, 0.15) is 0 Å². The second kappa shape index (κ2) is 8.39. The topological polar surface area (TPSA) is 6.48 Å². The molecule has 0 aromatic heterocycles. The Morgan fingerprint density at radius 3 is 2.17 bits per heavy atom. The lowest BCUT2D eigenvalue weighted by Crippen LogP contribution is -2.48. The van der Waals surface area contributed by atoms with Crippen molar-refractivity contribution in [3.8, 4) is 0 Å². The molecule has 2 saturated heterocycles. The van der Waals surface area contributed by atoms with Crippen molar-refractivity contribution in [3.05, 3.63) is 65.2 Å². The van der Waals surface area contributed by atoms with Crippen molar-refractivity contribution in [2.75, 3.05) is 31.1 Å². The number of rotatable bonds is 4. The Morgan fingerprint density at radius 1 is 0.897 bits per heavy atom. The van der Waals surface area contributed by atoms with Gasteiger partial charge in [-0.2, -0.15) is 13.2 Å². The smallest absolute Gasteiger partial charge is 0.367 e. The zero-order valence-electron chi connectivity index (χ0n) is 17.0. The number of nitrogens with zero attached hydrogens (tertiary/aromatic N) is 2. The van der Waals surface area contributed by atoms with Crippen LogP contribution in [0.4, 0.5) is 18.9 Å². The Balaban J connectivity index is 1.54. The summed E-state index contributed by atoms with van der Waals surface area (Å²) in [6.45, 7) is 6.38. The van der Waals surface area contributed by atoms with Crippen molar-refractivity contribution < 1.29 is 13.2 Å². The fraction of sp³-hybridized carbons (Fsp3) is 0.500. The van der Waals surface area contributed by atoms with Gasteiger partial charge in [0.2, 0.25) is 0 Å². The fourth-order valence-electron chi connectivity index (χ4n) is 4.75. The Bertz CT molecular complexity index is 792. The fourth-order valence-corrected chi connectivity index (χ4v) is 4.75. The van der Waals surface area contributed by atoms with Gasteiger partial charge in [-0.05, 0) is 75.5 Å². The minimum atomic E-state index is -4.28. The molecule has 0 N–H and O–H groups in total. The van der Waals surface area contributed by atoms with E-state index in [1.54, 1.807) is 12.1 Å². The Hall–Kier alpha value is -2.01. The number of hydrogen-bond acceptors (Lipinski definition) is 2. The number of piperidine rings is 1. The lowest BCUT2D eigenvalue weighted by Gasteiger charge is -2.43. The van der Waals surface area contributed by atoms with Gasteiger partial charge in [0.05, 0.1) is 5.56 Å². The van der Waals surface area contributed by atoms with E-state index in [1.165, 1.54) is 49.3 Å². The molecule has 2 nitrogen and oxygen atoms in total. The second-order valence-electron chi connectivity index (χ2n) is 8.54. The van der Waals surface area contributed by atoms with Gasteiger partial charge in [-0.25, -0.2) is 0 Å². The molecule has 1 unspecified atom stereocenters. The van der Waals surface area contributed by atoms with Crippen LogP contribution in [0.5, 0.6) is 0 Å². The van der Waals surface area contributed by atoms with Crippen molar-refractivity contribution in [3.63, 3.8) is 0 Å². The highest BCUT2D eigenvalue weighted by Gasteiger charge is 2.33. The van der Waals surface area contributed by atoms with Gasteiger partial charge in [-0.15, -0.1) is 0 Å². The Labute approximate surface area is 171 Å². The third kappa shape index (κ3) is 4.77. The van der Waals surface area contributed by atoms with E-state index in [0.29, 0.717) is 6.04 Å². The molecule has 2 aliphatic heterocycles. The highest BCUT2D eigenvalue weighted by atomic mass is 19.4. The van der Waals surface area contributed by atoms with Crippen LogP contribution in [-0.4, -0.2) is 37.1 Å². The van der Waals surface area contributed by atoms with Crippen LogP contribution in [0, 0.1) is 6.92 Å². The molecular weight excluding hydrogens is 373 g/mol. The van der Waals surface area contributed by atoms with E-state index in [1.807, 2.05) is 0 Å². The average Bonchev–Trinajstić information content (AvgIpc) is 3.22. The lowest BCUT2D eigenvalue weighted by atomic mass is 9.86. The molecule has 2 aromatic rings. The van der Waals surface area contributed by atoms with Crippen molar-refractivity contribution >= 4 is 5.69 Å². The summed E-state index contributed by atoms with van der Waals surface area (Å²) >= 11 is 0. The molecule has 0 saturated carbocycles. The summed E-state index contributed by atoms with van der Waals surface area (Å²) in [5, 5.41) is 0. The first-order chi connectivity index (χ1) is 13.9. The van der Waals surface area contributed by atoms with E-state index in [2.05, 4.69) is 41.0 Å². The van der Waals surface area contributed by atoms with Gasteiger partial charge in [-0.3, -0.25) is 0 Å². The summed E-state index contributed by atoms with van der Waals surface area (Å²) in [4.78, 5) is 5.05. The van der Waals surface area contributed by atoms with Crippen LogP contribution < -0.4 is 4.90 Å². The second-order valence-corrected chi connectivity index (χ2v) is 8.54. The molecule has 0 bridgehead atoms. The first kappa shape index (κ1) is 20.3. The molecule has 156 valence electrons. The van der Waals surface area contributed by atoms with Crippen LogP contribution in [0.3, 0.4) is 0 Å². The van der Waals surface area contributed by atoms with Gasteiger partial charge in [0, 0.05) is 30.7 Å². The maximum Gasteiger partial charge on any atom is 0.416 e. The molecule has 0 aliphatic carbocycles. The van der Waals surface area contributed by atoms with Crippen LogP contribution in [0.15, 0.2) is 48.5 Å². The molecule has 2 atom stereocenters. The molecule has 0 spiro atoms. The highest BCUT2D eigenvalue weighted by Crippen LogP contribution is 2.36. The van der Waals surface area contributed by atoms with Crippen LogP contribution in [-0.2, 0) is 6.18 Å². The number of alkyl halides is 3. The molecule has 4 rings (SSSR count). The maximum absolute atomic E-state index is 12.9. The van der Waals surface area contributed by atoms with Gasteiger partial charge in [0.25, 0.3) is 0 Å². The first-order valence-electron chi connectivity index (χ1n) is 10.6. The molecule has 0 amide bonds. The van der Waals surface area contributed by atoms with Crippen LogP contribution in [0.1, 0.15) is 48.3 Å². The lowest BCUT2D eigenvalue weighted by molar-refractivity contribution is -0.137. The Kier molecular flexibility index (Phi) is 5.86. The zero-order chi connectivity index (χ0) is 20.4. The number of likely N-dealkylation sites (tertiary alicyclic amines) is 1. The molecule has 2 aromatic carbocycles. The minimum absolute atomic E-state index is 0.258. The molecule has 5 heteroatoms. The monoisotopic (exact) mass is 402 g/mol. The summed E-state index contributed by atoms with van der Waals surface area (Å²) < 4.78 is 38.7. The van der Waals surface area contributed by atoms with Crippen LogP contribution in [0.2, 0.25) is 0 Å². The largest absolute Gasteiger partial charge is 0.416 e. The molecule has 0 radical (unpaired) electrons. The summed E-state index contributed by atoms with van der Waals surface area (Å²) in [6, 6.07) is 14.9. The molecular formula is C24H29F3N2. The van der Waals surface area contributed by atoms with Crippen molar-refractivity contribution in [2.45, 2.75) is 50.7 Å². The quantitative estimate of drug-likeness (QED) is 0.632. The summed E-state index contributed by atoms with van der Waals surface area (Å²) in [7, 11) is 0. The zero-order valence-corrected chi connectivity index (χ0v) is 17.0. The molecule has 2 fully saturated rings. The van der Waals surface area contributed by atoms with Gasteiger partial charge in [0.15, 0.2) is 0 Å². The highest BCUT2D eigenvalue weighted by molar-refractivity contribution is 5.50. The number of hydrogen-bond donors (Lipinski definition) is 0. The molecule has 29 heavy (non-hydrogen) atoms. The van der Waals surface area contributed by atoms with E-state index >= 15 is 0 Å². The normalized spacial score (nSPS) is 23.5. The maximum atomic E-state index is 12.9. The molecule has 2 heterocycles. The predicted octanol–water partition coefficient (Wildman–Crippen LogP) is 5.86. The number of benzene rings is 2. The van der Waals surface area contributed by atoms with Crippen LogP contribution >= 0.6 is 0 Å². The summed E-state index contributed by atoms with van der Waals surface area (Å²) in [5.41, 5.74) is 2.90. The van der Waals surface area contributed by atoms with E-state index in [4.69, 9.17) is 0 Å². The first-order valence-corrected chi connectivity index (χ1v) is 10.6. The summed E-state index contributed by atoms with van der Waals surface area (Å²) in [6.07, 6.45) is 0.374. The third-order valence-corrected chi connectivity index (χ3v) is 6.45. The van der Waals surface area contributed by atoms with Crippen molar-refractivity contribution in [2.24, 2.45) is 0 Å². The predicted molar refractivity (Wildman–Crippen MR) is 111 cm³/mol. The average molecular weight is 403 g/mol. The van der Waals surface area contributed by atoms with E-state index < -0.39 is 11.7 Å². The van der Waals surface area contributed by atoms with E-state index in [0.717, 1.165) is 31.5 Å². The van der Waals surface area contributed by atoms with Gasteiger partial charge >= 0.3 is 6.18 Å². The molecule has 2 aliphatic rings. The third-order valence-electron chi connectivity index (χ3n) is 6.45. The Morgan fingerprint density at radius 2 is 1.55 bits per heavy atom. The van der Waals surface area contributed by atoms with Gasteiger partial charge in [-0.1, -0.05) is 29.8 Å². The van der Waals surface area contributed by atoms with E-state index in [-0.39, 0.29) is 5.92 Å². The minimum Gasteiger partial charge on any atom is -0.367 e. The van der Waals surface area contributed by atoms with Gasteiger partial charge < -0.3 is 9.80 Å². The standard InChI is InChI=1S/C24H29F3N2/c1-18-4-11-22(12-5-18)29-16-20(8-13-23(29)17-28-14-2-3-15-28)19-6-9-21(10-7-19)24(25,26)27/h4-7,9-12,20,23H,2-3,8,13-17H2,1H3/t20?,23-/m0/s1. The SMILES string of the molecule is Cc1ccc(N2CC(c3ccc(C(F)(F)F)cc3)CC[C@H]2CN2CCCC2)cc1. The van der Waals surface area contributed by atoms with Crippen LogP contribution in [0.25, 0.3) is 0 Å². The number of anilines is 1. The van der Waals surface area contributed by atoms with E-state index in [9.17, 15) is 13.2 Å². The van der Waals surface area contributed by atoms with Crippen molar-refractivity contribution in [1.29, 1.82) is 0 Å². The number of halogens is 3. The summed E-state index contributed by atoms with van der Waals surface area (Å²) in [5.74, 6) is 0.258.